The number of nitrogens with two attached hydrogens (primary N) is 1. The zero-order valence-electron chi connectivity index (χ0n) is 16.8. The molecule has 3 N–H and O–H groups in total. The van der Waals surface area contributed by atoms with Crippen LogP contribution in [0, 0.1) is 5.82 Å². The molecule has 0 fully saturated rings. The Hall–Kier alpha value is -2.80. The van der Waals surface area contributed by atoms with E-state index in [1.54, 1.807) is 17.0 Å². The van der Waals surface area contributed by atoms with E-state index in [2.05, 4.69) is 5.32 Å². The summed E-state index contributed by atoms with van der Waals surface area (Å²) in [6.45, 7) is 1.40. The van der Waals surface area contributed by atoms with E-state index in [1.165, 1.54) is 24.3 Å². The van der Waals surface area contributed by atoms with Crippen molar-refractivity contribution in [1.82, 2.24) is 4.90 Å². The lowest BCUT2D eigenvalue weighted by Crippen LogP contribution is -2.38. The van der Waals surface area contributed by atoms with E-state index < -0.39 is 0 Å². The van der Waals surface area contributed by atoms with E-state index in [-0.39, 0.29) is 24.3 Å². The van der Waals surface area contributed by atoms with E-state index in [4.69, 9.17) is 22.1 Å². The molecule has 3 rings (SSSR count). The van der Waals surface area contributed by atoms with Crippen molar-refractivity contribution >= 4 is 35.7 Å². The summed E-state index contributed by atoms with van der Waals surface area (Å²) < 4.78 is 18.8. The van der Waals surface area contributed by atoms with Gasteiger partial charge >= 0.3 is 6.03 Å². The minimum absolute atomic E-state index is 0. The fraction of sp³-hybridized carbons (Fsp3) is 0.174. The molecule has 31 heavy (non-hydrogen) atoms. The maximum absolute atomic E-state index is 13.1. The van der Waals surface area contributed by atoms with Crippen molar-refractivity contribution in [3.05, 3.63) is 94.8 Å². The van der Waals surface area contributed by atoms with Gasteiger partial charge in [0.05, 0.1) is 5.02 Å². The second-order valence-corrected chi connectivity index (χ2v) is 7.09. The molecule has 0 unspecified atom stereocenters. The van der Waals surface area contributed by atoms with E-state index in [0.29, 0.717) is 42.7 Å². The van der Waals surface area contributed by atoms with Crippen molar-refractivity contribution in [3.63, 3.8) is 0 Å². The summed E-state index contributed by atoms with van der Waals surface area (Å²) in [7, 11) is 0. The van der Waals surface area contributed by atoms with Crippen molar-refractivity contribution < 1.29 is 13.9 Å². The van der Waals surface area contributed by atoms with Crippen LogP contribution in [0.4, 0.5) is 14.9 Å². The van der Waals surface area contributed by atoms with Gasteiger partial charge in [0, 0.05) is 25.3 Å². The largest absolute Gasteiger partial charge is 0.487 e. The quantitative estimate of drug-likeness (QED) is 0.465. The number of amides is 2. The van der Waals surface area contributed by atoms with Crippen LogP contribution in [0.5, 0.6) is 5.75 Å². The number of carbonyl (C=O) groups excluding carboxylic acids is 1. The molecule has 0 saturated heterocycles. The van der Waals surface area contributed by atoms with E-state index in [9.17, 15) is 9.18 Å². The highest BCUT2D eigenvalue weighted by atomic mass is 35.5. The third-order valence-corrected chi connectivity index (χ3v) is 4.68. The number of halogens is 3. The fourth-order valence-corrected chi connectivity index (χ4v) is 3.12. The Morgan fingerprint density at radius 3 is 2.39 bits per heavy atom. The highest BCUT2D eigenvalue weighted by Crippen LogP contribution is 2.27. The summed E-state index contributed by atoms with van der Waals surface area (Å²) in [5.74, 6) is 0.210. The van der Waals surface area contributed by atoms with Gasteiger partial charge < -0.3 is 20.7 Å². The Labute approximate surface area is 192 Å². The molecule has 0 aliphatic heterocycles. The SMILES string of the molecule is Cl.NCCN(Cc1ccc(OCc2ccccc2)c(Cl)c1)C(=O)Nc1ccc(F)cc1. The molecular weight excluding hydrogens is 440 g/mol. The van der Waals surface area contributed by atoms with E-state index in [0.717, 1.165) is 11.1 Å². The topological polar surface area (TPSA) is 67.6 Å². The van der Waals surface area contributed by atoms with Crippen molar-refractivity contribution in [2.24, 2.45) is 5.73 Å². The molecule has 0 aromatic heterocycles. The summed E-state index contributed by atoms with van der Waals surface area (Å²) in [5.41, 5.74) is 8.06. The van der Waals surface area contributed by atoms with Crippen LogP contribution >= 0.6 is 24.0 Å². The van der Waals surface area contributed by atoms with Crippen LogP contribution in [-0.4, -0.2) is 24.0 Å². The number of benzene rings is 3. The first-order chi connectivity index (χ1) is 14.5. The third kappa shape index (κ3) is 7.43. The zero-order valence-corrected chi connectivity index (χ0v) is 18.3. The van der Waals surface area contributed by atoms with Crippen LogP contribution in [0.25, 0.3) is 0 Å². The molecule has 0 atom stereocenters. The smallest absolute Gasteiger partial charge is 0.322 e. The van der Waals surface area contributed by atoms with Gasteiger partial charge in [-0.25, -0.2) is 9.18 Å². The molecule has 0 heterocycles. The monoisotopic (exact) mass is 463 g/mol. The molecule has 8 heteroatoms. The summed E-state index contributed by atoms with van der Waals surface area (Å²) in [5, 5.41) is 3.21. The van der Waals surface area contributed by atoms with Crippen molar-refractivity contribution in [3.8, 4) is 5.75 Å². The molecule has 3 aromatic rings. The minimum atomic E-state index is -0.365. The first-order valence-electron chi connectivity index (χ1n) is 9.52. The maximum atomic E-state index is 13.1. The molecule has 3 aromatic carbocycles. The molecule has 5 nitrogen and oxygen atoms in total. The van der Waals surface area contributed by atoms with Gasteiger partial charge in [-0.1, -0.05) is 48.0 Å². The molecule has 0 aliphatic rings. The highest BCUT2D eigenvalue weighted by molar-refractivity contribution is 6.32. The van der Waals surface area contributed by atoms with Gasteiger partial charge in [-0.05, 0) is 47.5 Å². The van der Waals surface area contributed by atoms with Crippen molar-refractivity contribution in [2.75, 3.05) is 18.4 Å². The number of nitrogens with one attached hydrogen (secondary N) is 1. The Balaban J connectivity index is 0.00000341. The number of nitrogens with zero attached hydrogens (tertiary/aromatic N) is 1. The number of hydrogen-bond donors (Lipinski definition) is 2. The Morgan fingerprint density at radius 1 is 1.03 bits per heavy atom. The number of rotatable bonds is 8. The number of carbonyl (C=O) groups is 1. The number of ether oxygens (including phenoxy) is 1. The van der Waals surface area contributed by atoms with Crippen LogP contribution in [-0.2, 0) is 13.2 Å². The van der Waals surface area contributed by atoms with Gasteiger partial charge in [-0.2, -0.15) is 0 Å². The van der Waals surface area contributed by atoms with Crippen LogP contribution in [0.15, 0.2) is 72.8 Å². The molecule has 0 spiro atoms. The summed E-state index contributed by atoms with van der Waals surface area (Å²) in [6.07, 6.45) is 0. The van der Waals surface area contributed by atoms with Gasteiger partial charge in [-0.3, -0.25) is 0 Å². The lowest BCUT2D eigenvalue weighted by molar-refractivity contribution is 0.210. The van der Waals surface area contributed by atoms with Crippen LogP contribution < -0.4 is 15.8 Å². The Kier molecular flexibility index (Phi) is 9.59. The number of anilines is 1. The summed E-state index contributed by atoms with van der Waals surface area (Å²) in [4.78, 5) is 14.2. The van der Waals surface area contributed by atoms with Gasteiger partial charge in [0.1, 0.15) is 18.2 Å². The molecule has 0 bridgehead atoms. The standard InChI is InChI=1S/C23H23ClFN3O2.ClH/c24-21-14-18(6-11-22(21)30-16-17-4-2-1-3-5-17)15-28(13-12-26)23(29)27-20-9-7-19(25)8-10-20;/h1-11,14H,12-13,15-16,26H2,(H,27,29);1H. The van der Waals surface area contributed by atoms with Crippen LogP contribution in [0.3, 0.4) is 0 Å². The van der Waals surface area contributed by atoms with Gasteiger partial charge in [0.25, 0.3) is 0 Å². The molecule has 0 saturated carbocycles. The van der Waals surface area contributed by atoms with Crippen LogP contribution in [0.1, 0.15) is 11.1 Å². The second kappa shape index (κ2) is 12.2. The predicted molar refractivity (Wildman–Crippen MR) is 124 cm³/mol. The number of urea groups is 1. The van der Waals surface area contributed by atoms with Gasteiger partial charge in [0.2, 0.25) is 0 Å². The van der Waals surface area contributed by atoms with Crippen molar-refractivity contribution in [2.45, 2.75) is 13.2 Å². The normalized spacial score (nSPS) is 10.2. The summed E-state index contributed by atoms with van der Waals surface area (Å²) >= 11 is 6.38. The maximum Gasteiger partial charge on any atom is 0.322 e. The first kappa shape index (κ1) is 24.5. The third-order valence-electron chi connectivity index (χ3n) is 4.39. The lowest BCUT2D eigenvalue weighted by atomic mass is 10.2. The first-order valence-corrected chi connectivity index (χ1v) is 9.89. The second-order valence-electron chi connectivity index (χ2n) is 6.69. The molecule has 2 amide bonds. The lowest BCUT2D eigenvalue weighted by Gasteiger charge is -2.23. The van der Waals surface area contributed by atoms with Crippen molar-refractivity contribution in [1.29, 1.82) is 0 Å². The predicted octanol–water partition coefficient (Wildman–Crippen LogP) is 5.47. The number of hydrogen-bond acceptors (Lipinski definition) is 3. The van der Waals surface area contributed by atoms with E-state index >= 15 is 0 Å². The molecule has 164 valence electrons. The molecule has 0 radical (unpaired) electrons. The van der Waals surface area contributed by atoms with Gasteiger partial charge in [0.15, 0.2) is 0 Å². The summed E-state index contributed by atoms with van der Waals surface area (Å²) in [6, 6.07) is 20.5. The molecule has 0 aliphatic carbocycles. The molecular formula is C23H24Cl2FN3O2. The average molecular weight is 464 g/mol. The fourth-order valence-electron chi connectivity index (χ4n) is 2.86. The highest BCUT2D eigenvalue weighted by Gasteiger charge is 2.15. The minimum Gasteiger partial charge on any atom is -0.487 e. The average Bonchev–Trinajstić information content (AvgIpc) is 2.75. The van der Waals surface area contributed by atoms with Crippen LogP contribution in [0.2, 0.25) is 5.02 Å². The zero-order chi connectivity index (χ0) is 21.3. The Morgan fingerprint density at radius 2 is 1.74 bits per heavy atom. The van der Waals surface area contributed by atoms with E-state index in [1.807, 2.05) is 36.4 Å². The Bertz CT molecular complexity index is 972. The van der Waals surface area contributed by atoms with Gasteiger partial charge in [-0.15, -0.1) is 12.4 Å².